The number of hydrogen-bond acceptors (Lipinski definition) is 4. The van der Waals surface area contributed by atoms with E-state index in [1.165, 1.54) is 23.0 Å². The summed E-state index contributed by atoms with van der Waals surface area (Å²) in [5.74, 6) is -3.22. The van der Waals surface area contributed by atoms with Crippen LogP contribution in [0.25, 0.3) is 16.9 Å². The third-order valence-electron chi connectivity index (χ3n) is 5.25. The van der Waals surface area contributed by atoms with Crippen molar-refractivity contribution in [3.63, 3.8) is 0 Å². The summed E-state index contributed by atoms with van der Waals surface area (Å²) in [6.45, 7) is 0. The molecule has 1 unspecified atom stereocenters. The number of amides is 2. The highest BCUT2D eigenvalue weighted by atomic mass is 19.1. The SMILES string of the molecule is CF.NC(=O)C(=O)C(Cc1ccccc1)NC(=O)c1cn(-c2ccccc2F)nc1-c1ccccc1. The highest BCUT2D eigenvalue weighted by Crippen LogP contribution is 2.24. The van der Waals surface area contributed by atoms with Crippen molar-refractivity contribution in [2.75, 3.05) is 7.18 Å². The zero-order chi connectivity index (χ0) is 26.1. The van der Waals surface area contributed by atoms with Gasteiger partial charge in [0.1, 0.15) is 23.2 Å². The Kier molecular flexibility index (Phi) is 8.77. The second kappa shape index (κ2) is 12.2. The summed E-state index contributed by atoms with van der Waals surface area (Å²) in [7, 11) is 0.500. The predicted molar refractivity (Wildman–Crippen MR) is 132 cm³/mol. The van der Waals surface area contributed by atoms with Crippen LogP contribution in [0.4, 0.5) is 8.78 Å². The minimum atomic E-state index is -1.17. The Morgan fingerprint density at radius 2 is 1.50 bits per heavy atom. The van der Waals surface area contributed by atoms with Gasteiger partial charge in [-0.1, -0.05) is 72.8 Å². The number of carbonyl (C=O) groups excluding carboxylic acids is 3. The van der Waals surface area contributed by atoms with Gasteiger partial charge >= 0.3 is 0 Å². The zero-order valence-corrected chi connectivity index (χ0v) is 19.4. The third-order valence-corrected chi connectivity index (χ3v) is 5.25. The molecule has 0 fully saturated rings. The minimum absolute atomic E-state index is 0.0798. The van der Waals surface area contributed by atoms with Gasteiger partial charge in [0.25, 0.3) is 11.8 Å². The largest absolute Gasteiger partial charge is 0.363 e. The van der Waals surface area contributed by atoms with Gasteiger partial charge in [-0.05, 0) is 17.7 Å². The predicted octanol–water partition coefficient (Wildman–Crippen LogP) is 3.66. The van der Waals surface area contributed by atoms with Gasteiger partial charge in [0.05, 0.1) is 12.7 Å². The van der Waals surface area contributed by atoms with Gasteiger partial charge in [-0.15, -0.1) is 0 Å². The number of para-hydroxylation sites is 1. The average Bonchev–Trinajstić information content (AvgIpc) is 3.36. The number of carbonyl (C=O) groups is 3. The van der Waals surface area contributed by atoms with Crippen LogP contribution in [0, 0.1) is 5.82 Å². The summed E-state index contributed by atoms with van der Waals surface area (Å²) in [6, 6.07) is 22.7. The molecule has 1 heterocycles. The molecule has 0 saturated carbocycles. The topological polar surface area (TPSA) is 107 Å². The highest BCUT2D eigenvalue weighted by molar-refractivity contribution is 6.38. The van der Waals surface area contributed by atoms with E-state index >= 15 is 0 Å². The fourth-order valence-corrected chi connectivity index (χ4v) is 3.58. The molecule has 3 aromatic carbocycles. The van der Waals surface area contributed by atoms with Gasteiger partial charge in [0.2, 0.25) is 5.78 Å². The van der Waals surface area contributed by atoms with Crippen LogP contribution < -0.4 is 11.1 Å². The van der Waals surface area contributed by atoms with E-state index in [1.54, 1.807) is 60.7 Å². The summed E-state index contributed by atoms with van der Waals surface area (Å²) in [5.41, 5.74) is 7.17. The number of benzene rings is 3. The second-order valence-electron chi connectivity index (χ2n) is 7.60. The van der Waals surface area contributed by atoms with Gasteiger partial charge in [0, 0.05) is 18.2 Å². The van der Waals surface area contributed by atoms with E-state index in [2.05, 4.69) is 10.4 Å². The smallest absolute Gasteiger partial charge is 0.287 e. The van der Waals surface area contributed by atoms with Crippen LogP contribution >= 0.6 is 0 Å². The van der Waals surface area contributed by atoms with Gasteiger partial charge in [-0.25, -0.2) is 9.07 Å². The minimum Gasteiger partial charge on any atom is -0.363 e. The number of nitrogens with zero attached hydrogens (tertiary/aromatic N) is 2. The molecule has 184 valence electrons. The molecule has 0 saturated heterocycles. The van der Waals surface area contributed by atoms with Crippen LogP contribution in [0.5, 0.6) is 0 Å². The number of halogens is 2. The Morgan fingerprint density at radius 3 is 2.11 bits per heavy atom. The van der Waals surface area contributed by atoms with E-state index in [-0.39, 0.29) is 17.7 Å². The summed E-state index contributed by atoms with van der Waals surface area (Å²) < 4.78 is 25.2. The summed E-state index contributed by atoms with van der Waals surface area (Å²) >= 11 is 0. The van der Waals surface area contributed by atoms with E-state index in [0.717, 1.165) is 5.56 Å². The number of nitrogens with two attached hydrogens (primary N) is 1. The molecule has 2 amide bonds. The molecule has 1 atom stereocenters. The maximum Gasteiger partial charge on any atom is 0.287 e. The van der Waals surface area contributed by atoms with Crippen LogP contribution in [0.1, 0.15) is 15.9 Å². The third kappa shape index (κ3) is 6.06. The normalized spacial score (nSPS) is 11.1. The lowest BCUT2D eigenvalue weighted by Crippen LogP contribution is -2.47. The fraction of sp³-hybridized carbons (Fsp3) is 0.111. The molecular weight excluding hydrogens is 466 g/mol. The lowest BCUT2D eigenvalue weighted by Gasteiger charge is -2.16. The number of aromatic nitrogens is 2. The first-order valence-corrected chi connectivity index (χ1v) is 10.9. The van der Waals surface area contributed by atoms with Crippen molar-refractivity contribution in [2.24, 2.45) is 5.73 Å². The number of hydrogen-bond donors (Lipinski definition) is 2. The van der Waals surface area contributed by atoms with Crippen molar-refractivity contribution in [3.8, 4) is 16.9 Å². The number of rotatable bonds is 8. The number of primary amides is 1. The van der Waals surface area contributed by atoms with Crippen LogP contribution in [0.3, 0.4) is 0 Å². The number of alkyl halides is 1. The standard InChI is InChI=1S/C26H21FN4O3.CH3F/c27-20-13-7-8-14-22(20)31-16-19(23(30-31)18-11-5-2-6-12-18)26(34)29-21(24(32)25(28)33)15-17-9-3-1-4-10-17;1-2/h1-14,16,21H,15H2,(H2,28,33)(H,29,34);1H3. The molecule has 0 radical (unpaired) electrons. The van der Waals surface area contributed by atoms with Gasteiger partial charge in [-0.2, -0.15) is 5.10 Å². The molecule has 0 aliphatic heterocycles. The molecule has 7 nitrogen and oxygen atoms in total. The Balaban J connectivity index is 0.00000176. The van der Waals surface area contributed by atoms with E-state index in [0.29, 0.717) is 18.4 Å². The lowest BCUT2D eigenvalue weighted by molar-refractivity contribution is -0.137. The highest BCUT2D eigenvalue weighted by Gasteiger charge is 2.28. The van der Waals surface area contributed by atoms with Crippen molar-refractivity contribution in [2.45, 2.75) is 12.5 Å². The summed E-state index contributed by atoms with van der Waals surface area (Å²) in [5, 5.41) is 7.06. The number of nitrogens with one attached hydrogen (secondary N) is 1. The van der Waals surface area contributed by atoms with Gasteiger partial charge in [0.15, 0.2) is 0 Å². The number of ketones is 1. The fourth-order valence-electron chi connectivity index (χ4n) is 3.58. The first-order valence-electron chi connectivity index (χ1n) is 10.9. The molecule has 0 spiro atoms. The monoisotopic (exact) mass is 490 g/mol. The Morgan fingerprint density at radius 1 is 0.917 bits per heavy atom. The van der Waals surface area contributed by atoms with Crippen molar-refractivity contribution in [3.05, 3.63) is 108 Å². The zero-order valence-electron chi connectivity index (χ0n) is 19.4. The van der Waals surface area contributed by atoms with E-state index in [4.69, 9.17) is 5.73 Å². The van der Waals surface area contributed by atoms with Crippen LogP contribution in [0.15, 0.2) is 91.1 Å². The number of Topliss-reactive ketones (excluding diaryl/α,β-unsaturated/α-hetero) is 1. The van der Waals surface area contributed by atoms with E-state index in [1.807, 2.05) is 12.1 Å². The van der Waals surface area contributed by atoms with E-state index in [9.17, 15) is 23.2 Å². The molecule has 3 N–H and O–H groups in total. The lowest BCUT2D eigenvalue weighted by atomic mass is 10.0. The summed E-state index contributed by atoms with van der Waals surface area (Å²) in [4.78, 5) is 37.4. The quantitative estimate of drug-likeness (QED) is 0.368. The second-order valence-corrected chi connectivity index (χ2v) is 7.60. The van der Waals surface area contributed by atoms with Gasteiger partial charge < -0.3 is 11.1 Å². The maximum absolute atomic E-state index is 14.4. The first kappa shape index (κ1) is 26.0. The Bertz CT molecular complexity index is 1340. The van der Waals surface area contributed by atoms with Gasteiger partial charge in [-0.3, -0.25) is 18.8 Å². The molecule has 0 aliphatic carbocycles. The molecule has 0 aliphatic rings. The van der Waals surface area contributed by atoms with E-state index < -0.39 is 29.5 Å². The van der Waals surface area contributed by atoms with Crippen molar-refractivity contribution in [1.29, 1.82) is 0 Å². The summed E-state index contributed by atoms with van der Waals surface area (Å²) in [6.07, 6.45) is 1.47. The molecule has 0 bridgehead atoms. The van der Waals surface area contributed by atoms with Crippen molar-refractivity contribution < 1.29 is 23.2 Å². The molecule has 4 rings (SSSR count). The molecule has 9 heteroatoms. The maximum atomic E-state index is 14.4. The van der Waals surface area contributed by atoms with Crippen molar-refractivity contribution in [1.82, 2.24) is 15.1 Å². The average molecular weight is 491 g/mol. The molecular formula is C27H24F2N4O3. The van der Waals surface area contributed by atoms with Crippen molar-refractivity contribution >= 4 is 17.6 Å². The molecule has 1 aromatic heterocycles. The Hall–Kier alpha value is -4.66. The van der Waals surface area contributed by atoms with Crippen LogP contribution in [-0.2, 0) is 16.0 Å². The first-order chi connectivity index (χ1) is 17.4. The molecule has 36 heavy (non-hydrogen) atoms. The Labute approximate surface area is 206 Å². The van der Waals surface area contributed by atoms with Crippen LogP contribution in [-0.4, -0.2) is 40.6 Å². The van der Waals surface area contributed by atoms with Crippen LogP contribution in [0.2, 0.25) is 0 Å². The molecule has 4 aromatic rings.